The molecule has 2 aromatic heterocycles. The standard InChI is InChI=1S/C19H14F4N6/c20-12-4-10-16(6-14(12)22)26-8-28-18(10)24-2-1-3-25-19-11-5-13(21)15(23)7-17(11)27-9-29-19/h4-9H,1-3H2,(H,24,26,28)(H,25,27,29). The number of hydrogen-bond acceptors (Lipinski definition) is 6. The van der Waals surface area contributed by atoms with Crippen LogP contribution in [0, 0.1) is 23.3 Å². The Bertz CT molecular complexity index is 1110. The molecule has 0 bridgehead atoms. The highest BCUT2D eigenvalue weighted by atomic mass is 19.2. The van der Waals surface area contributed by atoms with Crippen molar-refractivity contribution in [2.45, 2.75) is 6.42 Å². The van der Waals surface area contributed by atoms with E-state index in [-0.39, 0.29) is 0 Å². The third-order valence-corrected chi connectivity index (χ3v) is 4.29. The second-order valence-electron chi connectivity index (χ2n) is 6.22. The average molecular weight is 402 g/mol. The Kier molecular flexibility index (Phi) is 5.07. The number of halogens is 4. The summed E-state index contributed by atoms with van der Waals surface area (Å²) in [5.74, 6) is -3.12. The lowest BCUT2D eigenvalue weighted by Gasteiger charge is -2.10. The highest BCUT2D eigenvalue weighted by Crippen LogP contribution is 2.23. The number of hydrogen-bond donors (Lipinski definition) is 2. The summed E-state index contributed by atoms with van der Waals surface area (Å²) < 4.78 is 53.7. The molecule has 0 radical (unpaired) electrons. The van der Waals surface area contributed by atoms with Gasteiger partial charge in [-0.1, -0.05) is 0 Å². The molecule has 148 valence electrons. The van der Waals surface area contributed by atoms with E-state index in [4.69, 9.17) is 0 Å². The summed E-state index contributed by atoms with van der Waals surface area (Å²) in [5, 5.41) is 6.85. The highest BCUT2D eigenvalue weighted by molar-refractivity contribution is 5.89. The van der Waals surface area contributed by atoms with E-state index >= 15 is 0 Å². The van der Waals surface area contributed by atoms with Crippen molar-refractivity contribution in [1.82, 2.24) is 19.9 Å². The van der Waals surface area contributed by atoms with Gasteiger partial charge >= 0.3 is 0 Å². The van der Waals surface area contributed by atoms with Gasteiger partial charge in [0, 0.05) is 36.0 Å². The summed E-state index contributed by atoms with van der Waals surface area (Å²) in [4.78, 5) is 16.0. The third-order valence-electron chi connectivity index (χ3n) is 4.29. The second kappa shape index (κ2) is 7.82. The van der Waals surface area contributed by atoms with E-state index in [2.05, 4.69) is 30.6 Å². The lowest BCUT2D eigenvalue weighted by molar-refractivity contribution is 0.510. The maximum Gasteiger partial charge on any atom is 0.161 e. The van der Waals surface area contributed by atoms with Crippen LogP contribution < -0.4 is 10.6 Å². The molecule has 0 amide bonds. The Morgan fingerprint density at radius 2 is 1.00 bits per heavy atom. The Balaban J connectivity index is 1.40. The molecule has 0 aliphatic carbocycles. The fourth-order valence-electron chi connectivity index (χ4n) is 2.89. The van der Waals surface area contributed by atoms with Crippen LogP contribution in [0.5, 0.6) is 0 Å². The fraction of sp³-hybridized carbons (Fsp3) is 0.158. The molecule has 0 spiro atoms. The van der Waals surface area contributed by atoms with E-state index in [0.717, 1.165) is 24.3 Å². The van der Waals surface area contributed by atoms with Crippen LogP contribution in [0.2, 0.25) is 0 Å². The van der Waals surface area contributed by atoms with Crippen LogP contribution in [0.4, 0.5) is 29.2 Å². The molecule has 0 unspecified atom stereocenters. The van der Waals surface area contributed by atoms with Gasteiger partial charge in [-0.05, 0) is 18.6 Å². The van der Waals surface area contributed by atoms with Crippen LogP contribution in [0.1, 0.15) is 6.42 Å². The van der Waals surface area contributed by atoms with Crippen molar-refractivity contribution in [3.05, 3.63) is 60.2 Å². The van der Waals surface area contributed by atoms with Crippen molar-refractivity contribution in [1.29, 1.82) is 0 Å². The number of anilines is 2. The zero-order valence-corrected chi connectivity index (χ0v) is 14.9. The molecule has 0 saturated heterocycles. The van der Waals surface area contributed by atoms with E-state index in [0.29, 0.717) is 53.0 Å². The van der Waals surface area contributed by atoms with Gasteiger partial charge in [0.15, 0.2) is 23.3 Å². The van der Waals surface area contributed by atoms with Crippen molar-refractivity contribution >= 4 is 33.4 Å². The number of aromatic nitrogens is 4. The fourth-order valence-corrected chi connectivity index (χ4v) is 2.89. The number of rotatable bonds is 6. The first kappa shape index (κ1) is 18.8. The number of nitrogens with one attached hydrogen (secondary N) is 2. The van der Waals surface area contributed by atoms with Gasteiger partial charge < -0.3 is 10.6 Å². The van der Waals surface area contributed by atoms with E-state index in [1.807, 2.05) is 0 Å². The lowest BCUT2D eigenvalue weighted by atomic mass is 10.2. The minimum Gasteiger partial charge on any atom is -0.369 e. The molecule has 10 heteroatoms. The van der Waals surface area contributed by atoms with Crippen LogP contribution in [-0.2, 0) is 0 Å². The lowest BCUT2D eigenvalue weighted by Crippen LogP contribution is -2.11. The Hall–Kier alpha value is -3.56. The number of benzene rings is 2. The zero-order chi connectivity index (χ0) is 20.4. The van der Waals surface area contributed by atoms with Gasteiger partial charge in [0.1, 0.15) is 24.3 Å². The predicted molar refractivity (Wildman–Crippen MR) is 101 cm³/mol. The zero-order valence-electron chi connectivity index (χ0n) is 14.9. The number of nitrogens with zero attached hydrogens (tertiary/aromatic N) is 4. The molecular weight excluding hydrogens is 388 g/mol. The van der Waals surface area contributed by atoms with E-state index in [1.165, 1.54) is 12.7 Å². The Morgan fingerprint density at radius 1 is 0.586 bits per heavy atom. The van der Waals surface area contributed by atoms with Crippen LogP contribution in [-0.4, -0.2) is 33.0 Å². The maximum absolute atomic E-state index is 13.5. The maximum atomic E-state index is 13.5. The third kappa shape index (κ3) is 3.86. The van der Waals surface area contributed by atoms with Gasteiger partial charge in [-0.3, -0.25) is 0 Å². The van der Waals surface area contributed by atoms with Gasteiger partial charge in [-0.2, -0.15) is 0 Å². The Labute approximate surface area is 162 Å². The summed E-state index contributed by atoms with van der Waals surface area (Å²) >= 11 is 0. The Morgan fingerprint density at radius 3 is 1.45 bits per heavy atom. The molecule has 4 aromatic rings. The quantitative estimate of drug-likeness (QED) is 0.375. The summed E-state index contributed by atoms with van der Waals surface area (Å²) in [6.45, 7) is 0.925. The number of fused-ring (bicyclic) bond motifs is 2. The molecular formula is C19H14F4N6. The minimum absolute atomic E-state index is 0.293. The van der Waals surface area contributed by atoms with Crippen molar-refractivity contribution in [2.24, 2.45) is 0 Å². The van der Waals surface area contributed by atoms with Crippen molar-refractivity contribution in [3.8, 4) is 0 Å². The largest absolute Gasteiger partial charge is 0.369 e. The smallest absolute Gasteiger partial charge is 0.161 e. The topological polar surface area (TPSA) is 75.6 Å². The monoisotopic (exact) mass is 402 g/mol. The molecule has 0 aliphatic rings. The normalized spacial score (nSPS) is 11.2. The van der Waals surface area contributed by atoms with Crippen LogP contribution in [0.3, 0.4) is 0 Å². The first-order valence-corrected chi connectivity index (χ1v) is 8.70. The van der Waals surface area contributed by atoms with Crippen molar-refractivity contribution in [2.75, 3.05) is 23.7 Å². The van der Waals surface area contributed by atoms with Crippen molar-refractivity contribution in [3.63, 3.8) is 0 Å². The minimum atomic E-state index is -0.976. The summed E-state index contributed by atoms with van der Waals surface area (Å²) in [6.07, 6.45) is 3.13. The molecule has 0 fully saturated rings. The molecule has 0 aliphatic heterocycles. The van der Waals surface area contributed by atoms with Crippen LogP contribution in [0.25, 0.3) is 21.8 Å². The molecule has 0 saturated carbocycles. The van der Waals surface area contributed by atoms with E-state index in [9.17, 15) is 17.6 Å². The van der Waals surface area contributed by atoms with Gasteiger partial charge in [-0.25, -0.2) is 37.5 Å². The van der Waals surface area contributed by atoms with E-state index in [1.54, 1.807) is 0 Å². The molecule has 6 nitrogen and oxygen atoms in total. The highest BCUT2D eigenvalue weighted by Gasteiger charge is 2.10. The second-order valence-corrected chi connectivity index (χ2v) is 6.22. The first-order valence-electron chi connectivity index (χ1n) is 8.70. The van der Waals surface area contributed by atoms with Crippen molar-refractivity contribution < 1.29 is 17.6 Å². The SMILES string of the molecule is Fc1cc2ncnc(NCCCNc3ncnc4cc(F)c(F)cc34)c2cc1F. The predicted octanol–water partition coefficient (Wildman–Crippen LogP) is 4.04. The molecule has 29 heavy (non-hydrogen) atoms. The van der Waals surface area contributed by atoms with Crippen LogP contribution in [0.15, 0.2) is 36.9 Å². The summed E-state index contributed by atoms with van der Waals surface area (Å²) in [7, 11) is 0. The van der Waals surface area contributed by atoms with E-state index < -0.39 is 23.3 Å². The summed E-state index contributed by atoms with van der Waals surface area (Å²) in [5.41, 5.74) is 0.586. The molecule has 2 heterocycles. The first-order chi connectivity index (χ1) is 14.0. The molecule has 4 rings (SSSR count). The van der Waals surface area contributed by atoms with Gasteiger partial charge in [0.05, 0.1) is 11.0 Å². The van der Waals surface area contributed by atoms with Gasteiger partial charge in [0.25, 0.3) is 0 Å². The average Bonchev–Trinajstić information content (AvgIpc) is 2.70. The van der Waals surface area contributed by atoms with Crippen LogP contribution >= 0.6 is 0 Å². The molecule has 2 N–H and O–H groups in total. The summed E-state index contributed by atoms with van der Waals surface area (Å²) in [6, 6.07) is 4.13. The molecule has 2 aromatic carbocycles. The molecule has 0 atom stereocenters. The van der Waals surface area contributed by atoms with Gasteiger partial charge in [0.2, 0.25) is 0 Å². The van der Waals surface area contributed by atoms with Gasteiger partial charge in [-0.15, -0.1) is 0 Å².